The molecule has 0 aromatic heterocycles. The molecule has 2 aromatic rings. The third-order valence-electron chi connectivity index (χ3n) is 5.14. The van der Waals surface area contributed by atoms with Crippen LogP contribution in [-0.2, 0) is 4.79 Å². The van der Waals surface area contributed by atoms with Gasteiger partial charge in [0.15, 0.2) is 0 Å². The monoisotopic (exact) mass is 351 g/mol. The Hall–Kier alpha value is -2.70. The van der Waals surface area contributed by atoms with Crippen LogP contribution in [0.4, 0.5) is 0 Å². The van der Waals surface area contributed by atoms with Crippen LogP contribution >= 0.6 is 0 Å². The zero-order chi connectivity index (χ0) is 18.5. The first-order valence-corrected chi connectivity index (χ1v) is 8.77. The zero-order valence-electron chi connectivity index (χ0n) is 14.9. The summed E-state index contributed by atoms with van der Waals surface area (Å²) in [4.78, 5) is 14.4. The van der Waals surface area contributed by atoms with Gasteiger partial charge in [-0.15, -0.1) is 0 Å². The fourth-order valence-corrected chi connectivity index (χ4v) is 3.87. The van der Waals surface area contributed by atoms with Crippen LogP contribution in [0.5, 0.6) is 0 Å². The number of hydrogen-bond acceptors (Lipinski definition) is 5. The van der Waals surface area contributed by atoms with Crippen molar-refractivity contribution in [2.24, 2.45) is 22.7 Å². The van der Waals surface area contributed by atoms with Crippen molar-refractivity contribution in [3.63, 3.8) is 0 Å². The average Bonchev–Trinajstić information content (AvgIpc) is 2.69. The summed E-state index contributed by atoms with van der Waals surface area (Å²) in [6.45, 7) is 2.32. The first kappa shape index (κ1) is 18.1. The van der Waals surface area contributed by atoms with Crippen molar-refractivity contribution in [1.29, 1.82) is 0 Å². The van der Waals surface area contributed by atoms with E-state index in [1.165, 1.54) is 0 Å². The Morgan fingerprint density at radius 1 is 1.12 bits per heavy atom. The molecule has 1 saturated heterocycles. The molecule has 0 bridgehead atoms. The minimum absolute atomic E-state index is 0.00259. The predicted octanol–water partition coefficient (Wildman–Crippen LogP) is 2.12. The maximum Gasteiger partial charge on any atom is 0.248 e. The largest absolute Gasteiger partial charge is 0.323 e. The number of likely N-dealkylation sites (tertiary alicyclic amines) is 1. The molecule has 136 valence electrons. The molecule has 3 unspecified atom stereocenters. The van der Waals surface area contributed by atoms with E-state index in [-0.39, 0.29) is 30.5 Å². The summed E-state index contributed by atoms with van der Waals surface area (Å²) >= 11 is 0. The van der Waals surface area contributed by atoms with E-state index in [1.807, 2.05) is 36.4 Å². The van der Waals surface area contributed by atoms with Crippen molar-refractivity contribution >= 4 is 11.6 Å². The third-order valence-corrected chi connectivity index (χ3v) is 5.14. The highest BCUT2D eigenvalue weighted by molar-refractivity contribution is 5.89. The molecule has 1 aliphatic rings. The number of hydrogen-bond donors (Lipinski definition) is 3. The van der Waals surface area contributed by atoms with Crippen molar-refractivity contribution in [3.8, 4) is 0 Å². The van der Waals surface area contributed by atoms with E-state index in [2.05, 4.69) is 46.6 Å². The molecule has 26 heavy (non-hydrogen) atoms. The Bertz CT molecular complexity index is 762. The Morgan fingerprint density at radius 3 is 2.23 bits per heavy atom. The molecule has 0 spiro atoms. The minimum atomic E-state index is -0.216. The standard InChI is InChI=1S/C20H25N5O/c1-14-17(23-21)12-18(15-8-4-2-5-9-15)25(13-19(26)24-22)20(14)16-10-6-3-7-11-16/h2-11,14,18,20H,12-13,21-22H2,1H3,(H,24,26). The first-order valence-electron chi connectivity index (χ1n) is 8.77. The molecule has 5 N–H and O–H groups in total. The summed E-state index contributed by atoms with van der Waals surface area (Å²) in [7, 11) is 0. The zero-order valence-corrected chi connectivity index (χ0v) is 14.9. The molecule has 3 atom stereocenters. The second-order valence-electron chi connectivity index (χ2n) is 6.64. The molecular weight excluding hydrogens is 326 g/mol. The van der Waals surface area contributed by atoms with Gasteiger partial charge in [-0.1, -0.05) is 67.6 Å². The number of amides is 1. The summed E-state index contributed by atoms with van der Waals surface area (Å²) in [6.07, 6.45) is 0.683. The van der Waals surface area contributed by atoms with E-state index in [4.69, 9.17) is 11.7 Å². The smallest absolute Gasteiger partial charge is 0.248 e. The highest BCUT2D eigenvalue weighted by Gasteiger charge is 2.41. The van der Waals surface area contributed by atoms with Crippen LogP contribution in [-0.4, -0.2) is 23.1 Å². The molecule has 1 fully saturated rings. The van der Waals surface area contributed by atoms with Crippen LogP contribution in [0.15, 0.2) is 65.8 Å². The van der Waals surface area contributed by atoms with E-state index < -0.39 is 0 Å². The topological polar surface area (TPSA) is 96.7 Å². The summed E-state index contributed by atoms with van der Waals surface area (Å²) in [6, 6.07) is 20.3. The summed E-state index contributed by atoms with van der Waals surface area (Å²) < 4.78 is 0. The molecule has 1 amide bonds. The Kier molecular flexibility index (Phi) is 5.65. The number of rotatable bonds is 4. The molecule has 0 radical (unpaired) electrons. The first-order chi connectivity index (χ1) is 12.7. The second kappa shape index (κ2) is 8.12. The van der Waals surface area contributed by atoms with E-state index in [0.717, 1.165) is 16.8 Å². The van der Waals surface area contributed by atoms with Gasteiger partial charge >= 0.3 is 0 Å². The number of carbonyl (C=O) groups excluding carboxylic acids is 1. The van der Waals surface area contributed by atoms with Crippen LogP contribution in [0.1, 0.15) is 36.6 Å². The predicted molar refractivity (Wildman–Crippen MR) is 103 cm³/mol. The summed E-state index contributed by atoms with van der Waals surface area (Å²) in [5.41, 5.74) is 5.48. The van der Waals surface area contributed by atoms with Gasteiger partial charge in [-0.05, 0) is 11.1 Å². The Labute approximate surface area is 153 Å². The molecule has 0 aliphatic carbocycles. The van der Waals surface area contributed by atoms with Gasteiger partial charge in [-0.2, -0.15) is 5.10 Å². The highest BCUT2D eigenvalue weighted by atomic mass is 16.2. The SMILES string of the molecule is CC1C(=NN)CC(c2ccccc2)N(CC(=O)NN)C1c1ccccc1. The maximum atomic E-state index is 12.2. The van der Waals surface area contributed by atoms with Crippen LogP contribution in [0.2, 0.25) is 0 Å². The second-order valence-corrected chi connectivity index (χ2v) is 6.64. The van der Waals surface area contributed by atoms with Crippen LogP contribution < -0.4 is 17.1 Å². The van der Waals surface area contributed by atoms with Crippen LogP contribution in [0.3, 0.4) is 0 Å². The van der Waals surface area contributed by atoms with Gasteiger partial charge in [0, 0.05) is 30.1 Å². The van der Waals surface area contributed by atoms with Crippen molar-refractivity contribution in [1.82, 2.24) is 10.3 Å². The summed E-state index contributed by atoms with van der Waals surface area (Å²) in [5.74, 6) is 11.0. The normalized spacial score (nSPS) is 25.2. The lowest BCUT2D eigenvalue weighted by Crippen LogP contribution is -2.49. The van der Waals surface area contributed by atoms with Crippen molar-refractivity contribution in [2.75, 3.05) is 6.54 Å². The summed E-state index contributed by atoms with van der Waals surface area (Å²) in [5, 5.41) is 4.08. The molecule has 0 saturated carbocycles. The molecule has 1 aliphatic heterocycles. The lowest BCUT2D eigenvalue weighted by Gasteiger charge is -2.46. The number of nitrogens with two attached hydrogens (primary N) is 2. The number of nitrogens with one attached hydrogen (secondary N) is 1. The number of hydrazone groups is 1. The van der Waals surface area contributed by atoms with Gasteiger partial charge in [0.1, 0.15) is 0 Å². The van der Waals surface area contributed by atoms with E-state index in [0.29, 0.717) is 6.42 Å². The Morgan fingerprint density at radius 2 is 1.69 bits per heavy atom. The average molecular weight is 351 g/mol. The van der Waals surface area contributed by atoms with Gasteiger partial charge in [-0.3, -0.25) is 15.1 Å². The maximum absolute atomic E-state index is 12.2. The number of benzene rings is 2. The molecule has 6 nitrogen and oxygen atoms in total. The van der Waals surface area contributed by atoms with Crippen molar-refractivity contribution < 1.29 is 4.79 Å². The molecule has 2 aromatic carbocycles. The minimum Gasteiger partial charge on any atom is -0.323 e. The number of carbonyl (C=O) groups is 1. The van der Waals surface area contributed by atoms with Crippen LogP contribution in [0, 0.1) is 5.92 Å². The van der Waals surface area contributed by atoms with Gasteiger partial charge in [0.05, 0.1) is 6.54 Å². The fraction of sp³-hybridized carbons (Fsp3) is 0.300. The number of piperidine rings is 1. The van der Waals surface area contributed by atoms with E-state index in [1.54, 1.807) is 0 Å². The van der Waals surface area contributed by atoms with Crippen molar-refractivity contribution in [2.45, 2.75) is 25.4 Å². The molecular formula is C20H25N5O. The Balaban J connectivity index is 2.08. The number of hydrazine groups is 1. The van der Waals surface area contributed by atoms with Crippen LogP contribution in [0.25, 0.3) is 0 Å². The molecule has 3 rings (SSSR count). The van der Waals surface area contributed by atoms with Gasteiger partial charge in [0.2, 0.25) is 5.91 Å². The molecule has 6 heteroatoms. The third kappa shape index (κ3) is 3.61. The number of nitrogens with zero attached hydrogens (tertiary/aromatic N) is 2. The lowest BCUT2D eigenvalue weighted by atomic mass is 9.79. The van der Waals surface area contributed by atoms with Gasteiger partial charge in [-0.25, -0.2) is 5.84 Å². The van der Waals surface area contributed by atoms with Crippen molar-refractivity contribution in [3.05, 3.63) is 71.8 Å². The quantitative estimate of drug-likeness (QED) is 0.446. The van der Waals surface area contributed by atoms with E-state index >= 15 is 0 Å². The highest BCUT2D eigenvalue weighted by Crippen LogP contribution is 2.43. The van der Waals surface area contributed by atoms with Gasteiger partial charge in [0.25, 0.3) is 0 Å². The fourth-order valence-electron chi connectivity index (χ4n) is 3.87. The van der Waals surface area contributed by atoms with E-state index in [9.17, 15) is 4.79 Å². The molecule has 1 heterocycles. The lowest BCUT2D eigenvalue weighted by molar-refractivity contribution is -0.124. The van der Waals surface area contributed by atoms with Gasteiger partial charge < -0.3 is 5.84 Å².